The van der Waals surface area contributed by atoms with E-state index in [1.807, 2.05) is 12.1 Å². The maximum absolute atomic E-state index is 13.3. The van der Waals surface area contributed by atoms with Gasteiger partial charge in [0.1, 0.15) is 5.82 Å². The Morgan fingerprint density at radius 3 is 3.06 bits per heavy atom. The van der Waals surface area contributed by atoms with Crippen LogP contribution in [0, 0.1) is 11.7 Å². The Labute approximate surface area is 108 Å². The maximum Gasteiger partial charge on any atom is 0.127 e. The quantitative estimate of drug-likeness (QED) is 0.867. The molecule has 0 spiro atoms. The molecular formula is C14H21FN2O. The first-order valence-corrected chi connectivity index (χ1v) is 6.41. The van der Waals surface area contributed by atoms with E-state index in [4.69, 9.17) is 10.5 Å². The Morgan fingerprint density at radius 1 is 1.50 bits per heavy atom. The van der Waals surface area contributed by atoms with Crippen LogP contribution in [0.1, 0.15) is 17.5 Å². The smallest absolute Gasteiger partial charge is 0.127 e. The molecule has 0 amide bonds. The Kier molecular flexibility index (Phi) is 4.69. The highest BCUT2D eigenvalue weighted by atomic mass is 19.1. The number of nitrogens with two attached hydrogens (primary N) is 1. The summed E-state index contributed by atoms with van der Waals surface area (Å²) < 4.78 is 18.5. The molecule has 0 aromatic heterocycles. The average Bonchev–Trinajstić information content (AvgIpc) is 2.80. The molecule has 1 heterocycles. The summed E-state index contributed by atoms with van der Waals surface area (Å²) in [7, 11) is 1.75. The molecule has 0 saturated carbocycles. The van der Waals surface area contributed by atoms with E-state index in [2.05, 4.69) is 4.90 Å². The van der Waals surface area contributed by atoms with Gasteiger partial charge in [0.2, 0.25) is 0 Å². The summed E-state index contributed by atoms with van der Waals surface area (Å²) in [5.41, 5.74) is 7.25. The van der Waals surface area contributed by atoms with Crippen molar-refractivity contribution in [3.8, 4) is 0 Å². The molecule has 1 fully saturated rings. The molecular weight excluding hydrogens is 231 g/mol. The Balaban J connectivity index is 1.94. The molecule has 1 aliphatic heterocycles. The lowest BCUT2D eigenvalue weighted by Gasteiger charge is -2.16. The van der Waals surface area contributed by atoms with Crippen molar-refractivity contribution in [3.05, 3.63) is 35.1 Å². The van der Waals surface area contributed by atoms with Crippen molar-refractivity contribution in [2.75, 3.05) is 26.8 Å². The molecule has 4 heteroatoms. The fraction of sp³-hybridized carbons (Fsp3) is 0.571. The van der Waals surface area contributed by atoms with Crippen LogP contribution in [0.25, 0.3) is 0 Å². The normalized spacial score (nSPS) is 20.5. The van der Waals surface area contributed by atoms with Crippen LogP contribution in [0.4, 0.5) is 4.39 Å². The first-order valence-electron chi connectivity index (χ1n) is 6.41. The molecule has 1 aliphatic rings. The van der Waals surface area contributed by atoms with Gasteiger partial charge in [0.05, 0.1) is 6.61 Å². The summed E-state index contributed by atoms with van der Waals surface area (Å²) in [6.07, 6.45) is 1.18. The van der Waals surface area contributed by atoms with Crippen LogP contribution in [0.15, 0.2) is 18.2 Å². The molecule has 3 nitrogen and oxygen atoms in total. The van der Waals surface area contributed by atoms with Crippen molar-refractivity contribution < 1.29 is 9.13 Å². The number of rotatable bonds is 5. The summed E-state index contributed by atoms with van der Waals surface area (Å²) in [5.74, 6) is 0.421. The third kappa shape index (κ3) is 3.28. The number of methoxy groups -OCH3 is 1. The van der Waals surface area contributed by atoms with Crippen LogP contribution in [0.2, 0.25) is 0 Å². The van der Waals surface area contributed by atoms with Gasteiger partial charge in [-0.05, 0) is 30.5 Å². The zero-order valence-corrected chi connectivity index (χ0v) is 10.9. The van der Waals surface area contributed by atoms with Crippen LogP contribution in [-0.2, 0) is 17.8 Å². The molecule has 2 rings (SSSR count). The van der Waals surface area contributed by atoms with Gasteiger partial charge >= 0.3 is 0 Å². The van der Waals surface area contributed by atoms with E-state index in [0.29, 0.717) is 11.5 Å². The van der Waals surface area contributed by atoms with Crippen LogP contribution in [0.5, 0.6) is 0 Å². The number of halogens is 1. The first-order chi connectivity index (χ1) is 8.72. The fourth-order valence-corrected chi connectivity index (χ4v) is 2.57. The zero-order chi connectivity index (χ0) is 13.0. The van der Waals surface area contributed by atoms with Gasteiger partial charge in [0.15, 0.2) is 0 Å². The molecule has 1 unspecified atom stereocenters. The monoisotopic (exact) mass is 252 g/mol. The van der Waals surface area contributed by atoms with E-state index in [1.54, 1.807) is 7.11 Å². The fourth-order valence-electron chi connectivity index (χ4n) is 2.57. The summed E-state index contributed by atoms with van der Waals surface area (Å²) in [5, 5.41) is 0. The Morgan fingerprint density at radius 2 is 2.33 bits per heavy atom. The highest BCUT2D eigenvalue weighted by molar-refractivity contribution is 5.25. The van der Waals surface area contributed by atoms with Gasteiger partial charge in [0, 0.05) is 32.3 Å². The van der Waals surface area contributed by atoms with Crippen molar-refractivity contribution in [3.63, 3.8) is 0 Å². The molecule has 1 aromatic carbocycles. The molecule has 0 radical (unpaired) electrons. The Bertz CT molecular complexity index is 397. The van der Waals surface area contributed by atoms with Gasteiger partial charge in [-0.15, -0.1) is 0 Å². The van der Waals surface area contributed by atoms with Crippen molar-refractivity contribution in [2.24, 2.45) is 11.7 Å². The average molecular weight is 252 g/mol. The zero-order valence-electron chi connectivity index (χ0n) is 10.9. The predicted molar refractivity (Wildman–Crippen MR) is 69.6 cm³/mol. The van der Waals surface area contributed by atoms with Crippen LogP contribution < -0.4 is 5.73 Å². The summed E-state index contributed by atoms with van der Waals surface area (Å²) in [6, 6.07) is 5.23. The second-order valence-corrected chi connectivity index (χ2v) is 4.98. The second-order valence-electron chi connectivity index (χ2n) is 4.98. The van der Waals surface area contributed by atoms with Crippen LogP contribution in [0.3, 0.4) is 0 Å². The largest absolute Gasteiger partial charge is 0.384 e. The topological polar surface area (TPSA) is 38.5 Å². The molecule has 2 N–H and O–H groups in total. The number of benzene rings is 1. The van der Waals surface area contributed by atoms with E-state index in [1.165, 1.54) is 12.5 Å². The second kappa shape index (κ2) is 6.27. The highest BCUT2D eigenvalue weighted by Crippen LogP contribution is 2.19. The number of hydrogen-bond acceptors (Lipinski definition) is 3. The number of nitrogens with zero attached hydrogens (tertiary/aromatic N) is 1. The van der Waals surface area contributed by atoms with E-state index >= 15 is 0 Å². The van der Waals surface area contributed by atoms with Gasteiger partial charge < -0.3 is 10.5 Å². The number of ether oxygens (including phenoxy) is 1. The summed E-state index contributed by atoms with van der Waals surface area (Å²) in [6.45, 7) is 4.10. The van der Waals surface area contributed by atoms with Crippen LogP contribution >= 0.6 is 0 Å². The third-order valence-corrected chi connectivity index (χ3v) is 3.51. The minimum Gasteiger partial charge on any atom is -0.384 e. The first kappa shape index (κ1) is 13.5. The summed E-state index contributed by atoms with van der Waals surface area (Å²) in [4.78, 5) is 2.39. The van der Waals surface area contributed by atoms with Crippen molar-refractivity contribution >= 4 is 0 Å². The van der Waals surface area contributed by atoms with Gasteiger partial charge in [-0.2, -0.15) is 0 Å². The van der Waals surface area contributed by atoms with Gasteiger partial charge in [-0.1, -0.05) is 12.1 Å². The molecule has 1 aromatic rings. The molecule has 0 aliphatic carbocycles. The van der Waals surface area contributed by atoms with E-state index in [9.17, 15) is 4.39 Å². The summed E-state index contributed by atoms with van der Waals surface area (Å²) >= 11 is 0. The highest BCUT2D eigenvalue weighted by Gasteiger charge is 2.22. The lowest BCUT2D eigenvalue weighted by Crippen LogP contribution is -2.21. The van der Waals surface area contributed by atoms with Gasteiger partial charge in [-0.25, -0.2) is 4.39 Å². The SMILES string of the molecule is COCC1CCN(Cc2ccc(F)c(CN)c2)C1. The van der Waals surface area contributed by atoms with Crippen molar-refractivity contribution in [2.45, 2.75) is 19.5 Å². The van der Waals surface area contributed by atoms with E-state index in [0.717, 1.165) is 31.8 Å². The van der Waals surface area contributed by atoms with Crippen molar-refractivity contribution in [1.82, 2.24) is 4.90 Å². The third-order valence-electron chi connectivity index (χ3n) is 3.51. The van der Waals surface area contributed by atoms with E-state index in [-0.39, 0.29) is 12.4 Å². The molecule has 1 atom stereocenters. The molecule has 1 saturated heterocycles. The minimum absolute atomic E-state index is 0.208. The molecule has 0 bridgehead atoms. The van der Waals surface area contributed by atoms with Gasteiger partial charge in [-0.3, -0.25) is 4.90 Å². The van der Waals surface area contributed by atoms with E-state index < -0.39 is 0 Å². The van der Waals surface area contributed by atoms with Crippen molar-refractivity contribution in [1.29, 1.82) is 0 Å². The maximum atomic E-state index is 13.3. The standard InChI is InChI=1S/C14H21FN2O/c1-18-10-12-4-5-17(9-12)8-11-2-3-14(15)13(6-11)7-16/h2-3,6,12H,4-5,7-10,16H2,1H3. The predicted octanol–water partition coefficient (Wildman–Crippen LogP) is 1.75. The van der Waals surface area contributed by atoms with Gasteiger partial charge in [0.25, 0.3) is 0 Å². The number of likely N-dealkylation sites (tertiary alicyclic amines) is 1. The molecule has 18 heavy (non-hydrogen) atoms. The number of hydrogen-bond donors (Lipinski definition) is 1. The minimum atomic E-state index is -0.208. The molecule has 100 valence electrons. The lowest BCUT2D eigenvalue weighted by molar-refractivity contribution is 0.152. The lowest BCUT2D eigenvalue weighted by atomic mass is 10.1. The Hall–Kier alpha value is -0.970. The van der Waals surface area contributed by atoms with Crippen LogP contribution in [-0.4, -0.2) is 31.7 Å².